The lowest BCUT2D eigenvalue weighted by atomic mass is 10.1. The number of nitrogens with zero attached hydrogens (tertiary/aromatic N) is 1. The quantitative estimate of drug-likeness (QED) is 0.689. The van der Waals surface area contributed by atoms with Gasteiger partial charge in [-0.1, -0.05) is 6.07 Å². The summed E-state index contributed by atoms with van der Waals surface area (Å²) in [5.74, 6) is 0. The van der Waals surface area contributed by atoms with E-state index in [2.05, 4.69) is 42.7 Å². The molecule has 0 radical (unpaired) electrons. The lowest BCUT2D eigenvalue weighted by Gasteiger charge is -2.02. The fourth-order valence-electron chi connectivity index (χ4n) is 1.13. The minimum atomic E-state index is 0.288. The van der Waals surface area contributed by atoms with Crippen molar-refractivity contribution in [2.24, 2.45) is 0 Å². The molecule has 0 bridgehead atoms. The predicted molar refractivity (Wildman–Crippen MR) is 57.0 cm³/mol. The van der Waals surface area contributed by atoms with Gasteiger partial charge in [0.05, 0.1) is 15.7 Å². The topological polar surface area (TPSA) is 12.9 Å². The second-order valence-electron chi connectivity index (χ2n) is 2.76. The van der Waals surface area contributed by atoms with Crippen LogP contribution in [0, 0.1) is 0 Å². The summed E-state index contributed by atoms with van der Waals surface area (Å²) in [5.41, 5.74) is 4.19. The second-order valence-corrected chi connectivity index (χ2v) is 4.42. The summed E-state index contributed by atoms with van der Waals surface area (Å²) in [6, 6.07) is 6.32. The Kier molecular flexibility index (Phi) is 2.07. The Morgan fingerprint density at radius 1 is 1.50 bits per heavy atom. The van der Waals surface area contributed by atoms with Gasteiger partial charge in [0.15, 0.2) is 0 Å². The second kappa shape index (κ2) is 3.07. The van der Waals surface area contributed by atoms with Crippen LogP contribution in [-0.4, -0.2) is 4.98 Å². The molecule has 3 heteroatoms. The fourth-order valence-corrected chi connectivity index (χ4v) is 1.95. The smallest absolute Gasteiger partial charge is 0.0815 e. The number of fused-ring (bicyclic) bond motifs is 1. The summed E-state index contributed by atoms with van der Waals surface area (Å²) in [6.07, 6.45) is 0. The molecular formula is C9H9NS2. The van der Waals surface area contributed by atoms with Crippen molar-refractivity contribution in [3.8, 4) is 0 Å². The van der Waals surface area contributed by atoms with E-state index >= 15 is 0 Å². The van der Waals surface area contributed by atoms with Crippen LogP contribution in [0.15, 0.2) is 23.7 Å². The van der Waals surface area contributed by atoms with Crippen molar-refractivity contribution in [2.45, 2.75) is 12.2 Å². The van der Waals surface area contributed by atoms with Gasteiger partial charge in [-0.2, -0.15) is 12.6 Å². The Labute approximate surface area is 80.9 Å². The molecule has 0 aliphatic carbocycles. The van der Waals surface area contributed by atoms with Crippen LogP contribution < -0.4 is 0 Å². The highest BCUT2D eigenvalue weighted by Crippen LogP contribution is 2.24. The van der Waals surface area contributed by atoms with Crippen molar-refractivity contribution < 1.29 is 0 Å². The molecule has 1 aromatic heterocycles. The Morgan fingerprint density at radius 3 is 3.08 bits per heavy atom. The van der Waals surface area contributed by atoms with Crippen LogP contribution >= 0.6 is 24.0 Å². The maximum atomic E-state index is 4.37. The Bertz CT molecular complexity index is 392. The van der Waals surface area contributed by atoms with E-state index in [0.29, 0.717) is 0 Å². The van der Waals surface area contributed by atoms with E-state index in [4.69, 9.17) is 0 Å². The van der Waals surface area contributed by atoms with Crippen LogP contribution in [0.1, 0.15) is 17.7 Å². The van der Waals surface area contributed by atoms with Crippen molar-refractivity contribution in [3.63, 3.8) is 0 Å². The van der Waals surface area contributed by atoms with Gasteiger partial charge >= 0.3 is 0 Å². The largest absolute Gasteiger partial charge is 0.245 e. The summed E-state index contributed by atoms with van der Waals surface area (Å²) in [4.78, 5) is 4.25. The van der Waals surface area contributed by atoms with Gasteiger partial charge < -0.3 is 0 Å². The first-order valence-electron chi connectivity index (χ1n) is 3.78. The van der Waals surface area contributed by atoms with Gasteiger partial charge in [-0.25, -0.2) is 4.98 Å². The molecule has 0 saturated heterocycles. The molecule has 1 heterocycles. The normalized spacial score (nSPS) is 13.5. The number of benzene rings is 1. The molecule has 1 atom stereocenters. The average Bonchev–Trinajstić information content (AvgIpc) is 2.49. The zero-order valence-electron chi connectivity index (χ0n) is 6.69. The molecule has 0 amide bonds. The molecule has 2 aromatic rings. The molecule has 0 fully saturated rings. The van der Waals surface area contributed by atoms with Crippen LogP contribution in [0.3, 0.4) is 0 Å². The molecular weight excluding hydrogens is 186 g/mol. The first kappa shape index (κ1) is 8.08. The highest BCUT2D eigenvalue weighted by atomic mass is 32.1. The SMILES string of the molecule is C[C@H](S)c1ccc2scnc2c1. The maximum Gasteiger partial charge on any atom is 0.0815 e. The minimum Gasteiger partial charge on any atom is -0.245 e. The van der Waals surface area contributed by atoms with Crippen LogP contribution in [0.5, 0.6) is 0 Å². The summed E-state index contributed by atoms with van der Waals surface area (Å²) < 4.78 is 1.24. The molecule has 0 aliphatic rings. The Morgan fingerprint density at radius 2 is 2.33 bits per heavy atom. The van der Waals surface area contributed by atoms with Crippen molar-refractivity contribution >= 4 is 34.2 Å². The number of rotatable bonds is 1. The first-order valence-corrected chi connectivity index (χ1v) is 5.18. The zero-order valence-corrected chi connectivity index (χ0v) is 8.40. The van der Waals surface area contributed by atoms with Crippen LogP contribution in [0.25, 0.3) is 10.2 Å². The van der Waals surface area contributed by atoms with E-state index in [1.165, 1.54) is 10.3 Å². The average molecular weight is 195 g/mol. The van der Waals surface area contributed by atoms with Gasteiger partial charge in [-0.05, 0) is 24.6 Å². The van der Waals surface area contributed by atoms with Gasteiger partial charge in [0.25, 0.3) is 0 Å². The lowest BCUT2D eigenvalue weighted by Crippen LogP contribution is -1.82. The highest BCUT2D eigenvalue weighted by molar-refractivity contribution is 7.80. The van der Waals surface area contributed by atoms with Crippen LogP contribution in [0.2, 0.25) is 0 Å². The van der Waals surface area contributed by atoms with Crippen molar-refractivity contribution in [1.82, 2.24) is 4.98 Å². The van der Waals surface area contributed by atoms with Gasteiger partial charge in [0, 0.05) is 5.25 Å². The van der Waals surface area contributed by atoms with Crippen molar-refractivity contribution in [2.75, 3.05) is 0 Å². The van der Waals surface area contributed by atoms with E-state index in [-0.39, 0.29) is 5.25 Å². The number of thiazole rings is 1. The summed E-state index contributed by atoms with van der Waals surface area (Å²) in [7, 11) is 0. The molecule has 1 aromatic carbocycles. The third kappa shape index (κ3) is 1.34. The third-order valence-electron chi connectivity index (χ3n) is 1.84. The van der Waals surface area contributed by atoms with E-state index < -0.39 is 0 Å². The predicted octanol–water partition coefficient (Wildman–Crippen LogP) is 3.29. The molecule has 0 N–H and O–H groups in total. The summed E-state index contributed by atoms with van der Waals surface area (Å²) in [6.45, 7) is 2.07. The van der Waals surface area contributed by atoms with Crippen LogP contribution in [-0.2, 0) is 0 Å². The van der Waals surface area contributed by atoms with E-state index in [1.807, 2.05) is 5.51 Å². The standard InChI is InChI=1S/C9H9NS2/c1-6(11)7-2-3-9-8(4-7)10-5-12-9/h2-6,11H,1H3/t6-/m0/s1. The van der Waals surface area contributed by atoms with Gasteiger partial charge in [-0.3, -0.25) is 0 Å². The number of aromatic nitrogens is 1. The molecule has 0 aliphatic heterocycles. The molecule has 0 saturated carbocycles. The van der Waals surface area contributed by atoms with Gasteiger partial charge in [0.2, 0.25) is 0 Å². The Hall–Kier alpha value is -0.540. The maximum absolute atomic E-state index is 4.37. The fraction of sp³-hybridized carbons (Fsp3) is 0.222. The summed E-state index contributed by atoms with van der Waals surface area (Å²) >= 11 is 6.04. The third-order valence-corrected chi connectivity index (χ3v) is 2.94. The molecule has 12 heavy (non-hydrogen) atoms. The van der Waals surface area contributed by atoms with Gasteiger partial charge in [-0.15, -0.1) is 11.3 Å². The zero-order chi connectivity index (χ0) is 8.55. The number of thiol groups is 1. The molecule has 0 spiro atoms. The minimum absolute atomic E-state index is 0.288. The number of hydrogen-bond donors (Lipinski definition) is 1. The Balaban J connectivity index is 2.60. The van der Waals surface area contributed by atoms with Crippen LogP contribution in [0.4, 0.5) is 0 Å². The molecule has 0 unspecified atom stereocenters. The first-order chi connectivity index (χ1) is 5.77. The van der Waals surface area contributed by atoms with E-state index in [0.717, 1.165) is 5.52 Å². The highest BCUT2D eigenvalue weighted by Gasteiger charge is 2.01. The molecule has 62 valence electrons. The number of hydrogen-bond acceptors (Lipinski definition) is 3. The van der Waals surface area contributed by atoms with E-state index in [1.54, 1.807) is 11.3 Å². The van der Waals surface area contributed by atoms with Crippen molar-refractivity contribution in [3.05, 3.63) is 29.3 Å². The molecule has 1 nitrogen and oxygen atoms in total. The lowest BCUT2D eigenvalue weighted by molar-refractivity contribution is 1.12. The van der Waals surface area contributed by atoms with Crippen molar-refractivity contribution in [1.29, 1.82) is 0 Å². The van der Waals surface area contributed by atoms with Gasteiger partial charge in [0.1, 0.15) is 0 Å². The monoisotopic (exact) mass is 195 g/mol. The summed E-state index contributed by atoms with van der Waals surface area (Å²) in [5, 5.41) is 0.288. The molecule has 2 rings (SSSR count). The van der Waals surface area contributed by atoms with E-state index in [9.17, 15) is 0 Å².